The molecule has 0 radical (unpaired) electrons. The Morgan fingerprint density at radius 2 is 2.33 bits per heavy atom. The maximum atomic E-state index is 5.77. The molecule has 1 unspecified atom stereocenters. The van der Waals surface area contributed by atoms with Crippen molar-refractivity contribution in [1.82, 2.24) is 10.1 Å². The van der Waals surface area contributed by atoms with Crippen molar-refractivity contribution in [3.63, 3.8) is 0 Å². The minimum atomic E-state index is -0.0746. The number of aromatic nitrogens is 2. The predicted octanol–water partition coefficient (Wildman–Crippen LogP) is 0.928. The molecule has 1 rings (SSSR count). The lowest BCUT2D eigenvalue weighted by Crippen LogP contribution is -2.28. The van der Waals surface area contributed by atoms with E-state index in [2.05, 4.69) is 17.1 Å². The third-order valence-corrected chi connectivity index (χ3v) is 2.08. The van der Waals surface area contributed by atoms with Crippen LogP contribution in [0.2, 0.25) is 0 Å². The van der Waals surface area contributed by atoms with Crippen LogP contribution in [0.25, 0.3) is 0 Å². The van der Waals surface area contributed by atoms with E-state index in [9.17, 15) is 0 Å². The van der Waals surface area contributed by atoms with Gasteiger partial charge in [0.25, 0.3) is 0 Å². The van der Waals surface area contributed by atoms with Gasteiger partial charge in [-0.25, -0.2) is 0 Å². The van der Waals surface area contributed by atoms with Crippen molar-refractivity contribution in [1.29, 1.82) is 0 Å². The molecular formula is C10H19N3O2. The molecule has 15 heavy (non-hydrogen) atoms. The Bertz CT molecular complexity index is 275. The fraction of sp³-hybridized carbons (Fsp3) is 0.800. The minimum absolute atomic E-state index is 0.0746. The summed E-state index contributed by atoms with van der Waals surface area (Å²) in [5, 5.41) is 3.88. The summed E-state index contributed by atoms with van der Waals surface area (Å²) in [5.41, 5.74) is 5.77. The predicted molar refractivity (Wildman–Crippen MR) is 56.5 cm³/mol. The lowest BCUT2D eigenvalue weighted by atomic mass is 10.2. The molecule has 0 bridgehead atoms. The van der Waals surface area contributed by atoms with Crippen molar-refractivity contribution < 1.29 is 9.26 Å². The van der Waals surface area contributed by atoms with E-state index in [0.29, 0.717) is 18.9 Å². The van der Waals surface area contributed by atoms with E-state index in [1.165, 1.54) is 0 Å². The van der Waals surface area contributed by atoms with Crippen LogP contribution < -0.4 is 5.73 Å². The van der Waals surface area contributed by atoms with Crippen LogP contribution >= 0.6 is 0 Å². The highest BCUT2D eigenvalue weighted by Crippen LogP contribution is 2.04. The van der Waals surface area contributed by atoms with Crippen LogP contribution in [0.5, 0.6) is 0 Å². The van der Waals surface area contributed by atoms with Crippen LogP contribution in [-0.4, -0.2) is 29.9 Å². The SMILES string of the molecule is CCCCc1noc(CC(N)COC)n1. The zero-order chi connectivity index (χ0) is 11.1. The second-order valence-electron chi connectivity index (χ2n) is 3.63. The quantitative estimate of drug-likeness (QED) is 0.729. The summed E-state index contributed by atoms with van der Waals surface area (Å²) in [7, 11) is 1.63. The van der Waals surface area contributed by atoms with Gasteiger partial charge < -0.3 is 15.0 Å². The number of nitrogens with two attached hydrogens (primary N) is 1. The first-order valence-corrected chi connectivity index (χ1v) is 5.32. The van der Waals surface area contributed by atoms with E-state index in [0.717, 1.165) is 25.1 Å². The highest BCUT2D eigenvalue weighted by atomic mass is 16.5. The molecule has 0 saturated carbocycles. The van der Waals surface area contributed by atoms with Gasteiger partial charge in [-0.15, -0.1) is 0 Å². The van der Waals surface area contributed by atoms with Gasteiger partial charge in [0.2, 0.25) is 5.89 Å². The molecule has 86 valence electrons. The normalized spacial score (nSPS) is 13.0. The molecule has 0 aliphatic heterocycles. The zero-order valence-corrected chi connectivity index (χ0v) is 9.40. The van der Waals surface area contributed by atoms with Gasteiger partial charge in [-0.2, -0.15) is 4.98 Å². The molecule has 0 amide bonds. The molecule has 0 fully saturated rings. The zero-order valence-electron chi connectivity index (χ0n) is 9.40. The van der Waals surface area contributed by atoms with Gasteiger partial charge in [0.1, 0.15) is 0 Å². The summed E-state index contributed by atoms with van der Waals surface area (Å²) in [6.45, 7) is 2.64. The molecule has 1 heterocycles. The van der Waals surface area contributed by atoms with E-state index in [4.69, 9.17) is 15.0 Å². The molecule has 5 heteroatoms. The van der Waals surface area contributed by atoms with Crippen molar-refractivity contribution in [2.24, 2.45) is 5.73 Å². The van der Waals surface area contributed by atoms with Crippen molar-refractivity contribution in [2.45, 2.75) is 38.6 Å². The largest absolute Gasteiger partial charge is 0.383 e. The number of hydrogen-bond acceptors (Lipinski definition) is 5. The molecule has 1 atom stereocenters. The molecular weight excluding hydrogens is 194 g/mol. The van der Waals surface area contributed by atoms with Gasteiger partial charge in [0.15, 0.2) is 5.82 Å². The number of aryl methyl sites for hydroxylation is 1. The van der Waals surface area contributed by atoms with Gasteiger partial charge >= 0.3 is 0 Å². The average molecular weight is 213 g/mol. The topological polar surface area (TPSA) is 74.2 Å². The lowest BCUT2D eigenvalue weighted by molar-refractivity contribution is 0.176. The molecule has 0 aliphatic carbocycles. The van der Waals surface area contributed by atoms with Crippen LogP contribution in [0.4, 0.5) is 0 Å². The Morgan fingerprint density at radius 3 is 3.00 bits per heavy atom. The van der Waals surface area contributed by atoms with Crippen LogP contribution in [0.1, 0.15) is 31.5 Å². The van der Waals surface area contributed by atoms with E-state index in [1.54, 1.807) is 7.11 Å². The molecule has 0 saturated heterocycles. The van der Waals surface area contributed by atoms with Gasteiger partial charge in [-0.05, 0) is 6.42 Å². The maximum absolute atomic E-state index is 5.77. The second kappa shape index (κ2) is 6.53. The van der Waals surface area contributed by atoms with Crippen LogP contribution in [0.15, 0.2) is 4.52 Å². The first-order valence-electron chi connectivity index (χ1n) is 5.32. The van der Waals surface area contributed by atoms with E-state index in [1.807, 2.05) is 0 Å². The number of rotatable bonds is 7. The number of nitrogens with zero attached hydrogens (tertiary/aromatic N) is 2. The second-order valence-corrected chi connectivity index (χ2v) is 3.63. The summed E-state index contributed by atoms with van der Waals surface area (Å²) in [6, 6.07) is -0.0746. The lowest BCUT2D eigenvalue weighted by Gasteiger charge is -2.05. The Balaban J connectivity index is 2.38. The highest BCUT2D eigenvalue weighted by molar-refractivity contribution is 4.89. The molecule has 0 aromatic carbocycles. The van der Waals surface area contributed by atoms with E-state index in [-0.39, 0.29) is 6.04 Å². The summed E-state index contributed by atoms with van der Waals surface area (Å²) < 4.78 is 10.0. The average Bonchev–Trinajstić information content (AvgIpc) is 2.63. The molecule has 0 spiro atoms. The molecule has 0 aliphatic rings. The third kappa shape index (κ3) is 4.40. The number of unbranched alkanes of at least 4 members (excludes halogenated alkanes) is 1. The Morgan fingerprint density at radius 1 is 1.53 bits per heavy atom. The van der Waals surface area contributed by atoms with Crippen molar-refractivity contribution in [3.8, 4) is 0 Å². The Hall–Kier alpha value is -0.940. The number of ether oxygens (including phenoxy) is 1. The number of hydrogen-bond donors (Lipinski definition) is 1. The summed E-state index contributed by atoms with van der Waals surface area (Å²) >= 11 is 0. The van der Waals surface area contributed by atoms with E-state index >= 15 is 0 Å². The third-order valence-electron chi connectivity index (χ3n) is 2.08. The van der Waals surface area contributed by atoms with Gasteiger partial charge in [-0.1, -0.05) is 18.5 Å². The van der Waals surface area contributed by atoms with Crippen molar-refractivity contribution in [3.05, 3.63) is 11.7 Å². The first-order chi connectivity index (χ1) is 7.26. The van der Waals surface area contributed by atoms with Crippen LogP contribution in [0, 0.1) is 0 Å². The smallest absolute Gasteiger partial charge is 0.228 e. The van der Waals surface area contributed by atoms with Crippen molar-refractivity contribution >= 4 is 0 Å². The molecule has 1 aromatic heterocycles. The Labute approximate surface area is 90.0 Å². The summed E-state index contributed by atoms with van der Waals surface area (Å²) in [4.78, 5) is 4.26. The van der Waals surface area contributed by atoms with Crippen LogP contribution in [0.3, 0.4) is 0 Å². The fourth-order valence-electron chi connectivity index (χ4n) is 1.31. The Kier molecular flexibility index (Phi) is 5.28. The monoisotopic (exact) mass is 213 g/mol. The number of methoxy groups -OCH3 is 1. The van der Waals surface area contributed by atoms with E-state index < -0.39 is 0 Å². The van der Waals surface area contributed by atoms with Gasteiger partial charge in [-0.3, -0.25) is 0 Å². The summed E-state index contributed by atoms with van der Waals surface area (Å²) in [6.07, 6.45) is 3.67. The van der Waals surface area contributed by atoms with Gasteiger partial charge in [0.05, 0.1) is 6.61 Å². The fourth-order valence-corrected chi connectivity index (χ4v) is 1.31. The maximum Gasteiger partial charge on any atom is 0.228 e. The molecule has 5 nitrogen and oxygen atoms in total. The molecule has 2 N–H and O–H groups in total. The van der Waals surface area contributed by atoms with Gasteiger partial charge in [0, 0.05) is 26.0 Å². The van der Waals surface area contributed by atoms with Crippen LogP contribution in [-0.2, 0) is 17.6 Å². The molecule has 1 aromatic rings. The summed E-state index contributed by atoms with van der Waals surface area (Å²) in [5.74, 6) is 1.38. The first kappa shape index (κ1) is 12.1. The standard InChI is InChI=1S/C10H19N3O2/c1-3-4-5-9-12-10(15-13-9)6-8(11)7-14-2/h8H,3-7,11H2,1-2H3. The van der Waals surface area contributed by atoms with Crippen molar-refractivity contribution in [2.75, 3.05) is 13.7 Å². The minimum Gasteiger partial charge on any atom is -0.383 e. The highest BCUT2D eigenvalue weighted by Gasteiger charge is 2.10.